The molecule has 80 heavy (non-hydrogen) atoms. The van der Waals surface area contributed by atoms with Gasteiger partial charge in [0, 0.05) is 19.3 Å². The van der Waals surface area contributed by atoms with E-state index in [1.807, 2.05) is 0 Å². The lowest BCUT2D eigenvalue weighted by Gasteiger charge is -2.18. The fraction of sp³-hybridized carbons (Fsp3) is 0.824. The van der Waals surface area contributed by atoms with Gasteiger partial charge >= 0.3 is 17.9 Å². The molecule has 0 rings (SSSR count). The van der Waals surface area contributed by atoms with Gasteiger partial charge in [-0.2, -0.15) is 0 Å². The Hall–Kier alpha value is -2.89. The van der Waals surface area contributed by atoms with E-state index in [1.54, 1.807) is 0 Å². The van der Waals surface area contributed by atoms with Crippen molar-refractivity contribution in [1.82, 2.24) is 0 Å². The number of hydrogen-bond donors (Lipinski definition) is 0. The predicted molar refractivity (Wildman–Crippen MR) is 348 cm³/mol. The van der Waals surface area contributed by atoms with Crippen LogP contribution in [-0.2, 0) is 28.6 Å². The van der Waals surface area contributed by atoms with Crippen LogP contribution in [0.4, 0.5) is 0 Å². The van der Waals surface area contributed by atoms with Crippen molar-refractivity contribution in [3.05, 3.63) is 60.8 Å². The van der Waals surface area contributed by atoms with Crippen molar-refractivity contribution in [3.8, 4) is 0 Å². The van der Waals surface area contributed by atoms with E-state index < -0.39 is 6.10 Å². The third-order valence-electron chi connectivity index (χ3n) is 15.7. The van der Waals surface area contributed by atoms with E-state index in [1.165, 1.54) is 238 Å². The second kappa shape index (κ2) is 68.6. The number of carbonyl (C=O) groups excluding carboxylic acids is 3. The summed E-state index contributed by atoms with van der Waals surface area (Å²) in [6.07, 6.45) is 88.2. The standard InChI is InChI=1S/C74H134O6/c1-4-7-10-13-16-19-22-25-27-29-31-33-35-37-39-40-42-44-46-49-52-55-58-61-64-67-73(76)79-70-71(69-78-72(75)66-63-60-57-54-51-48-24-21-18-15-12-9-6-3)80-74(77)68-65-62-59-56-53-50-47-45-43-41-38-36-34-32-30-28-26-23-20-17-14-11-8-5-2/h12,15,21-22,24-25,29,31,35,37,71H,4-11,13-14,16-20,23,26-28,30,32-34,36,38-70H2,1-3H3/b15-12-,24-21-,25-22-,31-29-,37-35-. The first-order chi connectivity index (χ1) is 39.5. The molecular formula is C74H134O6. The van der Waals surface area contributed by atoms with Gasteiger partial charge < -0.3 is 14.2 Å². The Balaban J connectivity index is 4.26. The summed E-state index contributed by atoms with van der Waals surface area (Å²) >= 11 is 0. The molecule has 1 unspecified atom stereocenters. The highest BCUT2D eigenvalue weighted by Gasteiger charge is 2.19. The summed E-state index contributed by atoms with van der Waals surface area (Å²) in [5.41, 5.74) is 0. The number of hydrogen-bond acceptors (Lipinski definition) is 6. The third-order valence-corrected chi connectivity index (χ3v) is 15.7. The summed E-state index contributed by atoms with van der Waals surface area (Å²) in [6, 6.07) is 0. The molecule has 0 aliphatic rings. The first kappa shape index (κ1) is 77.1. The van der Waals surface area contributed by atoms with Crippen LogP contribution in [0.1, 0.15) is 374 Å². The van der Waals surface area contributed by atoms with Gasteiger partial charge in [0.05, 0.1) is 0 Å². The highest BCUT2D eigenvalue weighted by Crippen LogP contribution is 2.18. The zero-order valence-electron chi connectivity index (χ0n) is 53.6. The maximum Gasteiger partial charge on any atom is 0.306 e. The van der Waals surface area contributed by atoms with Crippen LogP contribution in [0.2, 0.25) is 0 Å². The molecule has 0 heterocycles. The van der Waals surface area contributed by atoms with E-state index in [4.69, 9.17) is 14.2 Å². The summed E-state index contributed by atoms with van der Waals surface area (Å²) in [5, 5.41) is 0. The summed E-state index contributed by atoms with van der Waals surface area (Å²) in [7, 11) is 0. The first-order valence-corrected chi connectivity index (χ1v) is 35.3. The van der Waals surface area contributed by atoms with Crippen molar-refractivity contribution in [3.63, 3.8) is 0 Å². The zero-order valence-corrected chi connectivity index (χ0v) is 53.6. The Bertz CT molecular complexity index is 1430. The van der Waals surface area contributed by atoms with Gasteiger partial charge in [0.1, 0.15) is 13.2 Å². The highest BCUT2D eigenvalue weighted by molar-refractivity contribution is 5.71. The van der Waals surface area contributed by atoms with Crippen LogP contribution in [0.25, 0.3) is 0 Å². The van der Waals surface area contributed by atoms with Gasteiger partial charge in [-0.05, 0) is 83.5 Å². The van der Waals surface area contributed by atoms with Crippen LogP contribution in [-0.4, -0.2) is 37.2 Å². The average molecular weight is 1120 g/mol. The SMILES string of the molecule is CCC/C=C\C/C=C\CCCCCCCC(=O)OCC(COC(=O)CCCCCCCCCCCC/C=C\C/C=C\C/C=C\CCCCCCC)OC(=O)CCCCCCCCCCCCCCCCCCCCCCCCCC. The molecule has 0 bridgehead atoms. The van der Waals surface area contributed by atoms with E-state index in [9.17, 15) is 14.4 Å². The van der Waals surface area contributed by atoms with Crippen molar-refractivity contribution in [2.45, 2.75) is 380 Å². The fourth-order valence-corrected chi connectivity index (χ4v) is 10.4. The van der Waals surface area contributed by atoms with Gasteiger partial charge in [0.15, 0.2) is 6.10 Å². The summed E-state index contributed by atoms with van der Waals surface area (Å²) in [5.74, 6) is -0.873. The van der Waals surface area contributed by atoms with Gasteiger partial charge in [0.2, 0.25) is 0 Å². The van der Waals surface area contributed by atoms with Crippen LogP contribution >= 0.6 is 0 Å². The van der Waals surface area contributed by atoms with E-state index in [2.05, 4.69) is 81.5 Å². The molecule has 0 radical (unpaired) electrons. The summed E-state index contributed by atoms with van der Waals surface area (Å²) in [6.45, 7) is 6.61. The average Bonchev–Trinajstić information content (AvgIpc) is 3.46. The molecule has 0 amide bonds. The van der Waals surface area contributed by atoms with Crippen molar-refractivity contribution >= 4 is 17.9 Å². The van der Waals surface area contributed by atoms with Crippen LogP contribution < -0.4 is 0 Å². The quantitative estimate of drug-likeness (QED) is 0.0261. The molecule has 6 heteroatoms. The number of ether oxygens (including phenoxy) is 3. The van der Waals surface area contributed by atoms with Gasteiger partial charge in [-0.25, -0.2) is 0 Å². The molecule has 6 nitrogen and oxygen atoms in total. The number of carbonyl (C=O) groups is 3. The second-order valence-corrected chi connectivity index (χ2v) is 23.8. The maximum atomic E-state index is 13.0. The predicted octanol–water partition coefficient (Wildman–Crippen LogP) is 24.3. The molecule has 0 aliphatic heterocycles. The zero-order chi connectivity index (χ0) is 57.8. The molecule has 0 aliphatic carbocycles. The molecule has 0 saturated carbocycles. The van der Waals surface area contributed by atoms with E-state index in [-0.39, 0.29) is 31.1 Å². The number of unbranched alkanes of at least 4 members (excludes halogenated alkanes) is 44. The Morgan fingerprint density at radius 3 is 0.750 bits per heavy atom. The topological polar surface area (TPSA) is 78.9 Å². The molecule has 0 N–H and O–H groups in total. The molecule has 0 aromatic heterocycles. The van der Waals surface area contributed by atoms with E-state index in [0.29, 0.717) is 19.3 Å². The minimum absolute atomic E-state index is 0.0775. The van der Waals surface area contributed by atoms with Crippen molar-refractivity contribution < 1.29 is 28.6 Å². The molecular weight excluding hydrogens is 985 g/mol. The number of allylic oxidation sites excluding steroid dienone is 10. The molecule has 0 fully saturated rings. The Morgan fingerprint density at radius 2 is 0.475 bits per heavy atom. The fourth-order valence-electron chi connectivity index (χ4n) is 10.4. The second-order valence-electron chi connectivity index (χ2n) is 23.8. The van der Waals surface area contributed by atoms with Crippen molar-refractivity contribution in [2.75, 3.05) is 13.2 Å². The van der Waals surface area contributed by atoms with Crippen LogP contribution in [0, 0.1) is 0 Å². The molecule has 0 spiro atoms. The molecule has 0 aromatic carbocycles. The first-order valence-electron chi connectivity index (χ1n) is 35.3. The van der Waals surface area contributed by atoms with Gasteiger partial charge in [-0.3, -0.25) is 14.4 Å². The molecule has 0 saturated heterocycles. The summed E-state index contributed by atoms with van der Waals surface area (Å²) in [4.78, 5) is 38.4. The van der Waals surface area contributed by atoms with Crippen LogP contribution in [0.15, 0.2) is 60.8 Å². The van der Waals surface area contributed by atoms with Gasteiger partial charge in [-0.15, -0.1) is 0 Å². The lowest BCUT2D eigenvalue weighted by molar-refractivity contribution is -0.167. The monoisotopic (exact) mass is 1120 g/mol. The Labute approximate surface area is 498 Å². The largest absolute Gasteiger partial charge is 0.462 e. The van der Waals surface area contributed by atoms with Gasteiger partial charge in [-0.1, -0.05) is 332 Å². The highest BCUT2D eigenvalue weighted by atomic mass is 16.6. The minimum Gasteiger partial charge on any atom is -0.462 e. The smallest absolute Gasteiger partial charge is 0.306 e. The lowest BCUT2D eigenvalue weighted by atomic mass is 10.0. The summed E-state index contributed by atoms with van der Waals surface area (Å²) < 4.78 is 17.0. The lowest BCUT2D eigenvalue weighted by Crippen LogP contribution is -2.30. The van der Waals surface area contributed by atoms with Crippen LogP contribution in [0.5, 0.6) is 0 Å². The third kappa shape index (κ3) is 65.9. The van der Waals surface area contributed by atoms with Crippen molar-refractivity contribution in [1.29, 1.82) is 0 Å². The maximum absolute atomic E-state index is 13.0. The van der Waals surface area contributed by atoms with Crippen LogP contribution in [0.3, 0.4) is 0 Å². The number of rotatable bonds is 65. The molecule has 466 valence electrons. The Morgan fingerprint density at radius 1 is 0.250 bits per heavy atom. The molecule has 1 atom stereocenters. The van der Waals surface area contributed by atoms with E-state index in [0.717, 1.165) is 96.3 Å². The Kier molecular flexibility index (Phi) is 66.1. The molecule has 0 aromatic rings. The number of esters is 3. The van der Waals surface area contributed by atoms with E-state index >= 15 is 0 Å². The van der Waals surface area contributed by atoms with Gasteiger partial charge in [0.25, 0.3) is 0 Å². The van der Waals surface area contributed by atoms with Crippen molar-refractivity contribution in [2.24, 2.45) is 0 Å². The minimum atomic E-state index is -0.782. The normalized spacial score (nSPS) is 12.4.